The largest absolute Gasteiger partial charge is 0.365 e. The van der Waals surface area contributed by atoms with E-state index in [1.807, 2.05) is 41.4 Å². The summed E-state index contributed by atoms with van der Waals surface area (Å²) in [6, 6.07) is 9.65. The summed E-state index contributed by atoms with van der Waals surface area (Å²) in [6.45, 7) is 2.34. The van der Waals surface area contributed by atoms with Gasteiger partial charge in [0.15, 0.2) is 5.82 Å². The van der Waals surface area contributed by atoms with Gasteiger partial charge in [0, 0.05) is 37.6 Å². The number of amides is 1. The van der Waals surface area contributed by atoms with Crippen molar-refractivity contribution in [2.24, 2.45) is 0 Å². The molecule has 4 rings (SSSR count). The second kappa shape index (κ2) is 8.65. The summed E-state index contributed by atoms with van der Waals surface area (Å²) in [7, 11) is 0. The molecule has 7 heteroatoms. The summed E-state index contributed by atoms with van der Waals surface area (Å²) in [4.78, 5) is 23.4. The summed E-state index contributed by atoms with van der Waals surface area (Å²) in [5, 5.41) is 7.44. The maximum absolute atomic E-state index is 12.7. The highest BCUT2D eigenvalue weighted by Gasteiger charge is 2.17. The van der Waals surface area contributed by atoms with Gasteiger partial charge >= 0.3 is 0 Å². The molecule has 1 aliphatic heterocycles. The Bertz CT molecular complexity index is 899. The van der Waals surface area contributed by atoms with Crippen molar-refractivity contribution in [3.05, 3.63) is 66.2 Å². The van der Waals surface area contributed by atoms with E-state index in [1.165, 1.54) is 12.8 Å². The first kappa shape index (κ1) is 18.2. The molecule has 7 nitrogen and oxygen atoms in total. The number of rotatable bonds is 5. The van der Waals surface area contributed by atoms with E-state index < -0.39 is 0 Å². The first-order valence-corrected chi connectivity index (χ1v) is 9.74. The van der Waals surface area contributed by atoms with Crippen LogP contribution in [0.2, 0.25) is 0 Å². The third-order valence-electron chi connectivity index (χ3n) is 4.93. The molecule has 0 spiro atoms. The van der Waals surface area contributed by atoms with E-state index in [0.717, 1.165) is 37.1 Å². The molecule has 0 atom stereocenters. The molecule has 1 fully saturated rings. The zero-order valence-electron chi connectivity index (χ0n) is 15.8. The molecule has 2 aromatic heterocycles. The van der Waals surface area contributed by atoms with E-state index in [0.29, 0.717) is 18.2 Å². The summed E-state index contributed by atoms with van der Waals surface area (Å²) in [6.07, 6.45) is 11.5. The van der Waals surface area contributed by atoms with E-state index in [2.05, 4.69) is 20.4 Å². The number of aromatic nitrogens is 4. The van der Waals surface area contributed by atoms with Crippen molar-refractivity contribution in [3.63, 3.8) is 0 Å². The highest BCUT2D eigenvalue weighted by molar-refractivity contribution is 5.94. The SMILES string of the molecule is O=C(c1ccc(CNc2cncc(-n3cccn3)n2)cc1)N1CCCCCC1. The molecule has 1 aromatic carbocycles. The van der Waals surface area contributed by atoms with E-state index in [4.69, 9.17) is 0 Å². The van der Waals surface area contributed by atoms with Crippen molar-refractivity contribution in [1.29, 1.82) is 0 Å². The van der Waals surface area contributed by atoms with Crippen molar-refractivity contribution in [3.8, 4) is 5.82 Å². The summed E-state index contributed by atoms with van der Waals surface area (Å²) >= 11 is 0. The number of anilines is 1. The topological polar surface area (TPSA) is 75.9 Å². The molecule has 3 heterocycles. The monoisotopic (exact) mass is 376 g/mol. The highest BCUT2D eigenvalue weighted by atomic mass is 16.2. The molecular formula is C21H24N6O. The van der Waals surface area contributed by atoms with Crippen LogP contribution in [0, 0.1) is 0 Å². The van der Waals surface area contributed by atoms with Crippen LogP contribution in [0.15, 0.2) is 55.1 Å². The normalized spacial score (nSPS) is 14.5. The van der Waals surface area contributed by atoms with Crippen LogP contribution in [-0.4, -0.2) is 43.6 Å². The molecule has 0 aliphatic carbocycles. The molecule has 1 aliphatic rings. The Labute approximate surface area is 164 Å². The lowest BCUT2D eigenvalue weighted by Gasteiger charge is -2.20. The number of carbonyl (C=O) groups excluding carboxylic acids is 1. The van der Waals surface area contributed by atoms with Gasteiger partial charge in [-0.1, -0.05) is 25.0 Å². The molecule has 1 saturated heterocycles. The molecule has 0 radical (unpaired) electrons. The van der Waals surface area contributed by atoms with Crippen LogP contribution in [0.3, 0.4) is 0 Å². The van der Waals surface area contributed by atoms with Gasteiger partial charge in [-0.15, -0.1) is 0 Å². The van der Waals surface area contributed by atoms with Crippen LogP contribution in [0.5, 0.6) is 0 Å². The quantitative estimate of drug-likeness (QED) is 0.739. The first-order valence-electron chi connectivity index (χ1n) is 9.74. The fraction of sp³-hybridized carbons (Fsp3) is 0.333. The Morgan fingerprint density at radius 1 is 1.04 bits per heavy atom. The Hall–Kier alpha value is -3.22. The molecular weight excluding hydrogens is 352 g/mol. The van der Waals surface area contributed by atoms with Gasteiger partial charge < -0.3 is 10.2 Å². The molecule has 1 amide bonds. The zero-order valence-corrected chi connectivity index (χ0v) is 15.8. The number of nitrogens with one attached hydrogen (secondary N) is 1. The summed E-state index contributed by atoms with van der Waals surface area (Å²) in [5.74, 6) is 1.48. The predicted octanol–water partition coefficient (Wildman–Crippen LogP) is 3.29. The molecule has 0 unspecified atom stereocenters. The highest BCUT2D eigenvalue weighted by Crippen LogP contribution is 2.15. The van der Waals surface area contributed by atoms with Gasteiger partial charge in [-0.05, 0) is 36.6 Å². The minimum absolute atomic E-state index is 0.138. The van der Waals surface area contributed by atoms with E-state index in [-0.39, 0.29) is 5.91 Å². The lowest BCUT2D eigenvalue weighted by atomic mass is 10.1. The second-order valence-electron chi connectivity index (χ2n) is 6.97. The number of likely N-dealkylation sites (tertiary alicyclic amines) is 1. The summed E-state index contributed by atoms with van der Waals surface area (Å²) < 4.78 is 1.67. The average molecular weight is 376 g/mol. The number of hydrogen-bond acceptors (Lipinski definition) is 5. The smallest absolute Gasteiger partial charge is 0.253 e. The number of benzene rings is 1. The Morgan fingerprint density at radius 3 is 2.54 bits per heavy atom. The van der Waals surface area contributed by atoms with Crippen LogP contribution in [0.1, 0.15) is 41.6 Å². The van der Waals surface area contributed by atoms with Gasteiger partial charge in [-0.2, -0.15) is 5.10 Å². The number of nitrogens with zero attached hydrogens (tertiary/aromatic N) is 5. The molecule has 0 saturated carbocycles. The fourth-order valence-electron chi connectivity index (χ4n) is 3.37. The standard InChI is InChI=1S/C21H24N6O/c28-21(26-11-3-1-2-4-12-26)18-8-6-17(7-9-18)14-23-19-15-22-16-20(25-19)27-13-5-10-24-27/h5-10,13,15-16H,1-4,11-12,14H2,(H,23,25). The second-order valence-corrected chi connectivity index (χ2v) is 6.97. The van der Waals surface area contributed by atoms with Crippen LogP contribution in [-0.2, 0) is 6.54 Å². The molecule has 1 N–H and O–H groups in total. The van der Waals surface area contributed by atoms with Gasteiger partial charge in [0.1, 0.15) is 5.82 Å². The Kier molecular flexibility index (Phi) is 5.61. The van der Waals surface area contributed by atoms with Crippen LogP contribution in [0.4, 0.5) is 5.82 Å². The Balaban J connectivity index is 1.37. The molecule has 3 aromatic rings. The van der Waals surface area contributed by atoms with Gasteiger partial charge in [-0.3, -0.25) is 9.78 Å². The third kappa shape index (κ3) is 4.36. The van der Waals surface area contributed by atoms with Crippen molar-refractivity contribution < 1.29 is 4.79 Å². The van der Waals surface area contributed by atoms with Gasteiger partial charge in [0.2, 0.25) is 0 Å². The van der Waals surface area contributed by atoms with Crippen molar-refractivity contribution in [2.45, 2.75) is 32.2 Å². The van der Waals surface area contributed by atoms with Crippen molar-refractivity contribution in [2.75, 3.05) is 18.4 Å². The molecule has 144 valence electrons. The van der Waals surface area contributed by atoms with E-state index in [9.17, 15) is 4.79 Å². The lowest BCUT2D eigenvalue weighted by molar-refractivity contribution is 0.0761. The predicted molar refractivity (Wildman–Crippen MR) is 107 cm³/mol. The van der Waals surface area contributed by atoms with Crippen molar-refractivity contribution >= 4 is 11.7 Å². The summed E-state index contributed by atoms with van der Waals surface area (Å²) in [5.41, 5.74) is 1.84. The minimum atomic E-state index is 0.138. The lowest BCUT2D eigenvalue weighted by Crippen LogP contribution is -2.31. The van der Waals surface area contributed by atoms with Crippen LogP contribution >= 0.6 is 0 Å². The average Bonchev–Trinajstić information content (AvgIpc) is 3.15. The maximum atomic E-state index is 12.7. The molecule has 0 bridgehead atoms. The zero-order chi connectivity index (χ0) is 19.2. The molecule has 28 heavy (non-hydrogen) atoms. The third-order valence-corrected chi connectivity index (χ3v) is 4.93. The number of hydrogen-bond donors (Lipinski definition) is 1. The van der Waals surface area contributed by atoms with Crippen molar-refractivity contribution in [1.82, 2.24) is 24.6 Å². The first-order chi connectivity index (χ1) is 13.8. The van der Waals surface area contributed by atoms with Gasteiger partial charge in [0.25, 0.3) is 5.91 Å². The minimum Gasteiger partial charge on any atom is -0.365 e. The van der Waals surface area contributed by atoms with Crippen LogP contribution in [0.25, 0.3) is 5.82 Å². The van der Waals surface area contributed by atoms with E-state index in [1.54, 1.807) is 23.3 Å². The maximum Gasteiger partial charge on any atom is 0.253 e. The van der Waals surface area contributed by atoms with Gasteiger partial charge in [-0.25, -0.2) is 9.67 Å². The van der Waals surface area contributed by atoms with Crippen LogP contribution < -0.4 is 5.32 Å². The fourth-order valence-corrected chi connectivity index (χ4v) is 3.37. The van der Waals surface area contributed by atoms with E-state index >= 15 is 0 Å². The van der Waals surface area contributed by atoms with Gasteiger partial charge in [0.05, 0.1) is 12.4 Å². The Morgan fingerprint density at radius 2 is 1.82 bits per heavy atom. The number of carbonyl (C=O) groups is 1.